The first-order valence-corrected chi connectivity index (χ1v) is 6.77. The lowest BCUT2D eigenvalue weighted by atomic mass is 9.96. The summed E-state index contributed by atoms with van der Waals surface area (Å²) in [7, 11) is 0. The summed E-state index contributed by atoms with van der Waals surface area (Å²) < 4.78 is 0. The minimum Gasteiger partial charge on any atom is -0.481 e. The van der Waals surface area contributed by atoms with Crippen LogP contribution in [-0.4, -0.2) is 23.7 Å². The highest BCUT2D eigenvalue weighted by Gasteiger charge is 2.21. The van der Waals surface area contributed by atoms with Crippen molar-refractivity contribution in [3.8, 4) is 0 Å². The van der Waals surface area contributed by atoms with E-state index in [1.54, 1.807) is 18.2 Å². The Kier molecular flexibility index (Phi) is 6.31. The summed E-state index contributed by atoms with van der Waals surface area (Å²) in [6.07, 6.45) is 0. The van der Waals surface area contributed by atoms with Gasteiger partial charge in [-0.3, -0.25) is 4.79 Å². The highest BCUT2D eigenvalue weighted by Crippen LogP contribution is 2.11. The van der Waals surface area contributed by atoms with E-state index >= 15 is 0 Å². The molecule has 1 unspecified atom stereocenters. The van der Waals surface area contributed by atoms with Crippen LogP contribution in [0.4, 0.5) is 4.79 Å². The zero-order chi connectivity index (χ0) is 15.1. The van der Waals surface area contributed by atoms with Gasteiger partial charge in [0.1, 0.15) is 0 Å². The third-order valence-electron chi connectivity index (χ3n) is 2.95. The second kappa shape index (κ2) is 7.75. The molecule has 1 rings (SSSR count). The molecular weight excluding hydrogens is 280 g/mol. The zero-order valence-electron chi connectivity index (χ0n) is 11.5. The topological polar surface area (TPSA) is 78.4 Å². The van der Waals surface area contributed by atoms with Crippen LogP contribution in [0.5, 0.6) is 0 Å². The molecular formula is C14H19ClN2O3. The van der Waals surface area contributed by atoms with Crippen molar-refractivity contribution in [3.05, 3.63) is 34.9 Å². The van der Waals surface area contributed by atoms with Crippen molar-refractivity contribution < 1.29 is 14.7 Å². The molecule has 0 radical (unpaired) electrons. The maximum Gasteiger partial charge on any atom is 0.315 e. The van der Waals surface area contributed by atoms with E-state index in [0.717, 1.165) is 5.56 Å². The normalized spacial score (nSPS) is 12.0. The van der Waals surface area contributed by atoms with E-state index in [9.17, 15) is 9.59 Å². The standard InChI is InChI=1S/C14H19ClN2O3/c1-9(2)12(13(18)19)8-17-14(20)16-7-10-4-3-5-11(15)6-10/h3-6,9,12H,7-8H2,1-2H3,(H,18,19)(H2,16,17,20). The fraction of sp³-hybridized carbons (Fsp3) is 0.429. The van der Waals surface area contributed by atoms with Gasteiger partial charge in [-0.15, -0.1) is 0 Å². The molecule has 0 aliphatic carbocycles. The van der Waals surface area contributed by atoms with Crippen molar-refractivity contribution in [1.82, 2.24) is 10.6 Å². The molecule has 0 spiro atoms. The molecule has 0 aromatic heterocycles. The Morgan fingerprint density at radius 3 is 2.55 bits per heavy atom. The van der Waals surface area contributed by atoms with Gasteiger partial charge in [0.25, 0.3) is 0 Å². The molecule has 2 amide bonds. The Balaban J connectivity index is 2.39. The Morgan fingerprint density at radius 1 is 1.30 bits per heavy atom. The minimum absolute atomic E-state index is 0.0410. The third-order valence-corrected chi connectivity index (χ3v) is 3.18. The lowest BCUT2D eigenvalue weighted by Crippen LogP contribution is -2.41. The number of benzene rings is 1. The highest BCUT2D eigenvalue weighted by atomic mass is 35.5. The number of carbonyl (C=O) groups excluding carboxylic acids is 1. The van der Waals surface area contributed by atoms with E-state index in [0.29, 0.717) is 11.6 Å². The fourth-order valence-corrected chi connectivity index (χ4v) is 1.92. The zero-order valence-corrected chi connectivity index (χ0v) is 12.3. The summed E-state index contributed by atoms with van der Waals surface area (Å²) >= 11 is 5.84. The van der Waals surface area contributed by atoms with Crippen molar-refractivity contribution in [2.45, 2.75) is 20.4 Å². The SMILES string of the molecule is CC(C)C(CNC(=O)NCc1cccc(Cl)c1)C(=O)O. The van der Waals surface area contributed by atoms with E-state index in [4.69, 9.17) is 16.7 Å². The molecule has 0 saturated carbocycles. The van der Waals surface area contributed by atoms with Crippen molar-refractivity contribution >= 4 is 23.6 Å². The summed E-state index contributed by atoms with van der Waals surface area (Å²) in [5.41, 5.74) is 0.881. The molecule has 6 heteroatoms. The van der Waals surface area contributed by atoms with Gasteiger partial charge in [-0.2, -0.15) is 0 Å². The van der Waals surface area contributed by atoms with Gasteiger partial charge in [-0.05, 0) is 23.6 Å². The molecule has 5 nitrogen and oxygen atoms in total. The van der Waals surface area contributed by atoms with Crippen molar-refractivity contribution in [2.24, 2.45) is 11.8 Å². The third kappa shape index (κ3) is 5.48. The number of halogens is 1. The number of amides is 2. The molecule has 0 bridgehead atoms. The van der Waals surface area contributed by atoms with E-state index < -0.39 is 17.9 Å². The van der Waals surface area contributed by atoms with Gasteiger partial charge in [0, 0.05) is 18.1 Å². The summed E-state index contributed by atoms with van der Waals surface area (Å²) in [5, 5.41) is 14.8. The maximum atomic E-state index is 11.6. The lowest BCUT2D eigenvalue weighted by molar-refractivity contribution is -0.142. The van der Waals surface area contributed by atoms with Gasteiger partial charge < -0.3 is 15.7 Å². The van der Waals surface area contributed by atoms with Crippen LogP contribution in [0.3, 0.4) is 0 Å². The molecule has 3 N–H and O–H groups in total. The molecule has 110 valence electrons. The summed E-state index contributed by atoms with van der Waals surface area (Å²) in [5.74, 6) is -1.54. The van der Waals surface area contributed by atoms with Crippen LogP contribution in [0, 0.1) is 11.8 Å². The van der Waals surface area contributed by atoms with Crippen LogP contribution in [0.1, 0.15) is 19.4 Å². The molecule has 1 atom stereocenters. The number of carboxylic acids is 1. The molecule has 1 aromatic carbocycles. The van der Waals surface area contributed by atoms with Gasteiger partial charge in [0.15, 0.2) is 0 Å². The lowest BCUT2D eigenvalue weighted by Gasteiger charge is -2.17. The first-order chi connectivity index (χ1) is 9.40. The predicted molar refractivity (Wildman–Crippen MR) is 77.7 cm³/mol. The summed E-state index contributed by atoms with van der Waals surface area (Å²) in [6.45, 7) is 4.06. The second-order valence-electron chi connectivity index (χ2n) is 4.88. The van der Waals surface area contributed by atoms with Crippen LogP contribution in [-0.2, 0) is 11.3 Å². The van der Waals surface area contributed by atoms with E-state index in [1.165, 1.54) is 0 Å². The molecule has 0 saturated heterocycles. The van der Waals surface area contributed by atoms with E-state index in [1.807, 2.05) is 19.9 Å². The largest absolute Gasteiger partial charge is 0.481 e. The maximum absolute atomic E-state index is 11.6. The molecule has 20 heavy (non-hydrogen) atoms. The summed E-state index contributed by atoms with van der Waals surface area (Å²) in [6, 6.07) is 6.77. The van der Waals surface area contributed by atoms with E-state index in [-0.39, 0.29) is 12.5 Å². The van der Waals surface area contributed by atoms with Crippen LogP contribution >= 0.6 is 11.6 Å². The number of carbonyl (C=O) groups is 2. The predicted octanol–water partition coefficient (Wildman–Crippen LogP) is 2.50. The second-order valence-corrected chi connectivity index (χ2v) is 5.32. The Bertz CT molecular complexity index is 477. The smallest absolute Gasteiger partial charge is 0.315 e. The Labute approximate surface area is 123 Å². The minimum atomic E-state index is -0.907. The van der Waals surface area contributed by atoms with Crippen molar-refractivity contribution in [2.75, 3.05) is 6.54 Å². The molecule has 0 aliphatic rings. The number of carboxylic acid groups (broad SMARTS) is 1. The number of hydrogen-bond donors (Lipinski definition) is 3. The first kappa shape index (κ1) is 16.3. The van der Waals surface area contributed by atoms with Gasteiger partial charge in [0.05, 0.1) is 5.92 Å². The number of hydrogen-bond acceptors (Lipinski definition) is 2. The van der Waals surface area contributed by atoms with Crippen LogP contribution in [0.2, 0.25) is 5.02 Å². The Hall–Kier alpha value is -1.75. The van der Waals surface area contributed by atoms with Gasteiger partial charge in [-0.25, -0.2) is 4.79 Å². The number of nitrogens with one attached hydrogen (secondary N) is 2. The Morgan fingerprint density at radius 2 is 2.00 bits per heavy atom. The number of urea groups is 1. The van der Waals surface area contributed by atoms with Crippen LogP contribution < -0.4 is 10.6 Å². The molecule has 0 heterocycles. The van der Waals surface area contributed by atoms with Gasteiger partial charge in [-0.1, -0.05) is 37.6 Å². The van der Waals surface area contributed by atoms with E-state index in [2.05, 4.69) is 10.6 Å². The highest BCUT2D eigenvalue weighted by molar-refractivity contribution is 6.30. The molecule has 0 fully saturated rings. The average Bonchev–Trinajstić information content (AvgIpc) is 2.35. The van der Waals surface area contributed by atoms with Crippen molar-refractivity contribution in [1.29, 1.82) is 0 Å². The molecule has 1 aromatic rings. The first-order valence-electron chi connectivity index (χ1n) is 6.39. The van der Waals surface area contributed by atoms with Gasteiger partial charge in [0.2, 0.25) is 0 Å². The summed E-state index contributed by atoms with van der Waals surface area (Å²) in [4.78, 5) is 22.6. The van der Waals surface area contributed by atoms with Gasteiger partial charge >= 0.3 is 12.0 Å². The monoisotopic (exact) mass is 298 g/mol. The average molecular weight is 299 g/mol. The quantitative estimate of drug-likeness (QED) is 0.755. The fourth-order valence-electron chi connectivity index (χ4n) is 1.70. The number of rotatable bonds is 6. The molecule has 0 aliphatic heterocycles. The number of aliphatic carboxylic acids is 1. The van der Waals surface area contributed by atoms with Crippen molar-refractivity contribution in [3.63, 3.8) is 0 Å². The van der Waals surface area contributed by atoms with Crippen LogP contribution in [0.25, 0.3) is 0 Å². The van der Waals surface area contributed by atoms with Crippen LogP contribution in [0.15, 0.2) is 24.3 Å².